The van der Waals surface area contributed by atoms with Crippen LogP contribution in [-0.2, 0) is 0 Å². The van der Waals surface area contributed by atoms with E-state index >= 15 is 0 Å². The van der Waals surface area contributed by atoms with Crippen molar-refractivity contribution in [2.45, 2.75) is 103 Å². The number of allylic oxidation sites excluding steroid dienone is 2. The highest BCUT2D eigenvalue weighted by molar-refractivity contribution is 5.42. The SMILES string of the molecule is C=C(C)C1(C(=C)C)C(C)(C)C(C)(CC(C)(C)C)C(C)(C(C)(C)C)C1(C)C. The van der Waals surface area contributed by atoms with E-state index in [-0.39, 0.29) is 37.9 Å². The van der Waals surface area contributed by atoms with E-state index in [2.05, 4.69) is 110 Å². The fraction of sp³-hybridized carbons (Fsp3) is 0.846. The normalized spacial score (nSPS) is 33.2. The Bertz CT molecular complexity index is 585. The highest BCUT2D eigenvalue weighted by atomic mass is 14.8. The van der Waals surface area contributed by atoms with Gasteiger partial charge in [-0.1, -0.05) is 107 Å². The molecular formula is C26H48. The van der Waals surface area contributed by atoms with Gasteiger partial charge in [-0.25, -0.2) is 0 Å². The Balaban J connectivity index is 4.20. The average molecular weight is 361 g/mol. The van der Waals surface area contributed by atoms with Crippen molar-refractivity contribution < 1.29 is 0 Å². The standard InChI is InChI=1S/C26H48/c1-18(2)26(19(3)4)22(11,12)24(15,17-20(5,6)7)25(16,21(8,9)10)23(26,13)14/h1,3,17H2,2,4-16H3. The van der Waals surface area contributed by atoms with Crippen LogP contribution < -0.4 is 0 Å². The molecule has 0 aromatic carbocycles. The van der Waals surface area contributed by atoms with Crippen LogP contribution in [0, 0.1) is 37.9 Å². The van der Waals surface area contributed by atoms with Crippen molar-refractivity contribution in [2.24, 2.45) is 37.9 Å². The van der Waals surface area contributed by atoms with Gasteiger partial charge in [-0.2, -0.15) is 0 Å². The molecule has 0 bridgehead atoms. The topological polar surface area (TPSA) is 0 Å². The summed E-state index contributed by atoms with van der Waals surface area (Å²) >= 11 is 0. The molecule has 1 aliphatic carbocycles. The van der Waals surface area contributed by atoms with E-state index in [1.807, 2.05) is 0 Å². The van der Waals surface area contributed by atoms with Gasteiger partial charge < -0.3 is 0 Å². The summed E-state index contributed by atoms with van der Waals surface area (Å²) in [4.78, 5) is 0. The Labute approximate surface area is 165 Å². The average Bonchev–Trinajstić information content (AvgIpc) is 2.39. The van der Waals surface area contributed by atoms with Gasteiger partial charge in [0.1, 0.15) is 0 Å². The largest absolute Gasteiger partial charge is 0.0992 e. The van der Waals surface area contributed by atoms with E-state index in [0.717, 1.165) is 0 Å². The zero-order valence-corrected chi connectivity index (χ0v) is 20.6. The second-order valence-corrected chi connectivity index (χ2v) is 13.0. The third kappa shape index (κ3) is 2.32. The first-order chi connectivity index (χ1) is 11.1. The van der Waals surface area contributed by atoms with Gasteiger partial charge in [-0.15, -0.1) is 0 Å². The van der Waals surface area contributed by atoms with Crippen LogP contribution in [0.2, 0.25) is 0 Å². The first kappa shape index (κ1) is 23.5. The molecule has 152 valence electrons. The molecule has 0 aromatic rings. The monoisotopic (exact) mass is 360 g/mol. The van der Waals surface area contributed by atoms with Crippen LogP contribution in [0.15, 0.2) is 24.3 Å². The summed E-state index contributed by atoms with van der Waals surface area (Å²) in [5, 5.41) is 0. The molecular weight excluding hydrogens is 312 g/mol. The highest BCUT2D eigenvalue weighted by Crippen LogP contribution is 2.86. The molecule has 1 aliphatic rings. The minimum atomic E-state index is -0.109. The van der Waals surface area contributed by atoms with Gasteiger partial charge in [0.2, 0.25) is 0 Å². The maximum atomic E-state index is 4.57. The molecule has 2 atom stereocenters. The molecule has 0 spiro atoms. The Morgan fingerprint density at radius 3 is 1.27 bits per heavy atom. The first-order valence-corrected chi connectivity index (χ1v) is 10.4. The molecule has 0 nitrogen and oxygen atoms in total. The van der Waals surface area contributed by atoms with E-state index in [4.69, 9.17) is 0 Å². The van der Waals surface area contributed by atoms with Crippen molar-refractivity contribution in [3.63, 3.8) is 0 Å². The zero-order chi connectivity index (χ0) is 21.4. The molecule has 0 aliphatic heterocycles. The lowest BCUT2D eigenvalue weighted by atomic mass is 9.44. The van der Waals surface area contributed by atoms with Crippen LogP contribution in [0.3, 0.4) is 0 Å². The van der Waals surface area contributed by atoms with E-state index < -0.39 is 0 Å². The van der Waals surface area contributed by atoms with Crippen molar-refractivity contribution in [3.05, 3.63) is 24.3 Å². The summed E-state index contributed by atoms with van der Waals surface area (Å²) in [6, 6.07) is 0. The maximum Gasteiger partial charge on any atom is 0.0223 e. The first-order valence-electron chi connectivity index (χ1n) is 10.4. The smallest absolute Gasteiger partial charge is 0.0223 e. The summed E-state index contributed by atoms with van der Waals surface area (Å²) in [6.07, 6.45) is 1.19. The van der Waals surface area contributed by atoms with Crippen LogP contribution in [0.1, 0.15) is 103 Å². The van der Waals surface area contributed by atoms with Crippen LogP contribution in [0.5, 0.6) is 0 Å². The van der Waals surface area contributed by atoms with E-state index in [9.17, 15) is 0 Å². The van der Waals surface area contributed by atoms with E-state index in [0.29, 0.717) is 0 Å². The van der Waals surface area contributed by atoms with Crippen LogP contribution in [0.25, 0.3) is 0 Å². The van der Waals surface area contributed by atoms with Crippen molar-refractivity contribution >= 4 is 0 Å². The number of hydrogen-bond donors (Lipinski definition) is 0. The Hall–Kier alpha value is -0.520. The van der Waals surface area contributed by atoms with Gasteiger partial charge in [0.25, 0.3) is 0 Å². The van der Waals surface area contributed by atoms with Gasteiger partial charge in [-0.05, 0) is 52.8 Å². The van der Waals surface area contributed by atoms with Crippen molar-refractivity contribution in [1.82, 2.24) is 0 Å². The Morgan fingerprint density at radius 2 is 1.04 bits per heavy atom. The Morgan fingerprint density at radius 1 is 0.692 bits per heavy atom. The highest BCUT2D eigenvalue weighted by Gasteiger charge is 2.80. The third-order valence-corrected chi connectivity index (χ3v) is 9.27. The molecule has 0 radical (unpaired) electrons. The van der Waals surface area contributed by atoms with Crippen molar-refractivity contribution in [1.29, 1.82) is 0 Å². The predicted octanol–water partition coefficient (Wildman–Crippen LogP) is 8.69. The molecule has 26 heavy (non-hydrogen) atoms. The molecule has 0 amide bonds. The van der Waals surface area contributed by atoms with Gasteiger partial charge >= 0.3 is 0 Å². The minimum absolute atomic E-state index is 0.0272. The third-order valence-electron chi connectivity index (χ3n) is 9.27. The molecule has 1 rings (SSSR count). The number of hydrogen-bond acceptors (Lipinski definition) is 0. The second kappa shape index (κ2) is 5.74. The second-order valence-electron chi connectivity index (χ2n) is 13.0. The molecule has 0 N–H and O–H groups in total. The molecule has 0 saturated heterocycles. The zero-order valence-electron chi connectivity index (χ0n) is 20.6. The van der Waals surface area contributed by atoms with Gasteiger partial charge in [0, 0.05) is 5.41 Å². The summed E-state index contributed by atoms with van der Waals surface area (Å²) in [7, 11) is 0. The van der Waals surface area contributed by atoms with E-state index in [1.54, 1.807) is 0 Å². The van der Waals surface area contributed by atoms with Crippen molar-refractivity contribution in [2.75, 3.05) is 0 Å². The minimum Gasteiger partial charge on any atom is -0.0992 e. The Kier molecular flexibility index (Phi) is 5.19. The van der Waals surface area contributed by atoms with E-state index in [1.165, 1.54) is 17.6 Å². The fourth-order valence-corrected chi connectivity index (χ4v) is 8.61. The molecule has 2 unspecified atom stereocenters. The molecule has 1 saturated carbocycles. The lowest BCUT2D eigenvalue weighted by molar-refractivity contribution is -0.123. The quantitative estimate of drug-likeness (QED) is 0.441. The molecule has 0 heterocycles. The van der Waals surface area contributed by atoms with Gasteiger partial charge in [-0.3, -0.25) is 0 Å². The van der Waals surface area contributed by atoms with Crippen LogP contribution in [-0.4, -0.2) is 0 Å². The van der Waals surface area contributed by atoms with Crippen LogP contribution >= 0.6 is 0 Å². The fourth-order valence-electron chi connectivity index (χ4n) is 8.61. The van der Waals surface area contributed by atoms with Gasteiger partial charge in [0.05, 0.1) is 0 Å². The summed E-state index contributed by atoms with van der Waals surface area (Å²) in [6.45, 7) is 43.3. The molecule has 0 heteroatoms. The molecule has 0 aromatic heterocycles. The van der Waals surface area contributed by atoms with Crippen molar-refractivity contribution in [3.8, 4) is 0 Å². The summed E-state index contributed by atoms with van der Waals surface area (Å²) < 4.78 is 0. The number of rotatable bonds is 3. The van der Waals surface area contributed by atoms with Gasteiger partial charge in [0.15, 0.2) is 0 Å². The lowest BCUT2D eigenvalue weighted by Gasteiger charge is -2.60. The van der Waals surface area contributed by atoms with Crippen LogP contribution in [0.4, 0.5) is 0 Å². The molecule has 1 fully saturated rings. The summed E-state index contributed by atoms with van der Waals surface area (Å²) in [5.41, 5.74) is 3.13. The lowest BCUT2D eigenvalue weighted by Crippen LogP contribution is -2.54. The predicted molar refractivity (Wildman–Crippen MR) is 119 cm³/mol. The maximum absolute atomic E-state index is 4.57. The summed E-state index contributed by atoms with van der Waals surface area (Å²) in [5.74, 6) is 0.